The summed E-state index contributed by atoms with van der Waals surface area (Å²) in [6.07, 6.45) is 8.78. The van der Waals surface area contributed by atoms with Crippen molar-refractivity contribution >= 4 is 11.8 Å². The minimum Gasteiger partial charge on any atom is -0.481 e. The molecule has 0 bridgehead atoms. The van der Waals surface area contributed by atoms with E-state index in [1.54, 1.807) is 6.92 Å². The van der Waals surface area contributed by atoms with E-state index < -0.39 is 5.97 Å². The Bertz CT molecular complexity index is 254. The first kappa shape index (κ1) is 14.9. The maximum absolute atomic E-state index is 11.1. The molecule has 16 heavy (non-hydrogen) atoms. The number of hydrogen-bond donors (Lipinski definition) is 1. The predicted octanol–water partition coefficient (Wildman–Crippen LogP) is 3.34. The van der Waals surface area contributed by atoms with Crippen LogP contribution in [0.25, 0.3) is 0 Å². The van der Waals surface area contributed by atoms with Gasteiger partial charge in [-0.05, 0) is 24.8 Å². The SMILES string of the molecule is CCC(=O)O.CCCCCC1=CCCC1=O. The molecule has 3 nitrogen and oxygen atoms in total. The third kappa shape index (κ3) is 7.21. The third-order valence-corrected chi connectivity index (χ3v) is 2.47. The molecule has 0 fully saturated rings. The highest BCUT2D eigenvalue weighted by Gasteiger charge is 2.13. The van der Waals surface area contributed by atoms with Crippen LogP contribution in [-0.4, -0.2) is 16.9 Å². The molecule has 0 atom stereocenters. The Balaban J connectivity index is 0.000000385. The van der Waals surface area contributed by atoms with Crippen LogP contribution < -0.4 is 0 Å². The summed E-state index contributed by atoms with van der Waals surface area (Å²) in [5.74, 6) is -0.355. The van der Waals surface area contributed by atoms with Gasteiger partial charge in [0.15, 0.2) is 5.78 Å². The molecule has 3 heteroatoms. The molecule has 0 aromatic carbocycles. The Hall–Kier alpha value is -1.12. The lowest BCUT2D eigenvalue weighted by Gasteiger charge is -1.98. The second-order valence-electron chi connectivity index (χ2n) is 3.90. The fourth-order valence-electron chi connectivity index (χ4n) is 1.46. The summed E-state index contributed by atoms with van der Waals surface area (Å²) in [6.45, 7) is 3.78. The van der Waals surface area contributed by atoms with Gasteiger partial charge in [-0.1, -0.05) is 32.8 Å². The molecule has 1 aliphatic carbocycles. The minimum atomic E-state index is -0.745. The number of carbonyl (C=O) groups excluding carboxylic acids is 1. The molecular formula is C13H22O3. The molecule has 0 spiro atoms. The number of aliphatic carboxylic acids is 1. The molecule has 0 saturated heterocycles. The molecule has 1 N–H and O–H groups in total. The Morgan fingerprint density at radius 1 is 1.38 bits per heavy atom. The number of hydrogen-bond acceptors (Lipinski definition) is 2. The number of unbranched alkanes of at least 4 members (excludes halogenated alkanes) is 2. The smallest absolute Gasteiger partial charge is 0.303 e. The zero-order chi connectivity index (χ0) is 12.4. The maximum atomic E-state index is 11.1. The molecule has 0 aromatic rings. The number of rotatable bonds is 5. The average molecular weight is 226 g/mol. The van der Waals surface area contributed by atoms with Gasteiger partial charge >= 0.3 is 5.97 Å². The number of ketones is 1. The van der Waals surface area contributed by atoms with Gasteiger partial charge in [0.2, 0.25) is 0 Å². The van der Waals surface area contributed by atoms with Gasteiger partial charge in [-0.3, -0.25) is 9.59 Å². The first-order valence-electron chi connectivity index (χ1n) is 6.05. The zero-order valence-corrected chi connectivity index (χ0v) is 10.3. The van der Waals surface area contributed by atoms with Crippen LogP contribution >= 0.6 is 0 Å². The summed E-state index contributed by atoms with van der Waals surface area (Å²) in [4.78, 5) is 20.5. The van der Waals surface area contributed by atoms with Gasteiger partial charge < -0.3 is 5.11 Å². The van der Waals surface area contributed by atoms with Gasteiger partial charge in [0.1, 0.15) is 0 Å². The van der Waals surface area contributed by atoms with Crippen molar-refractivity contribution in [1.82, 2.24) is 0 Å². The number of Topliss-reactive ketones (excluding diaryl/α,β-unsaturated/α-hetero) is 1. The highest BCUT2D eigenvalue weighted by molar-refractivity contribution is 5.97. The van der Waals surface area contributed by atoms with E-state index in [0.717, 1.165) is 24.8 Å². The lowest BCUT2D eigenvalue weighted by molar-refractivity contribution is -0.136. The Labute approximate surface area is 97.5 Å². The van der Waals surface area contributed by atoms with Gasteiger partial charge in [0.05, 0.1) is 0 Å². The van der Waals surface area contributed by atoms with Crippen LogP contribution in [0.1, 0.15) is 58.8 Å². The van der Waals surface area contributed by atoms with Crippen molar-refractivity contribution in [3.63, 3.8) is 0 Å². The van der Waals surface area contributed by atoms with E-state index in [-0.39, 0.29) is 6.42 Å². The standard InChI is InChI=1S/C10H16O.C3H6O2/c1-2-3-4-6-9-7-5-8-10(9)11;1-2-3(4)5/h7H,2-6,8H2,1H3;2H2,1H3,(H,4,5). The molecule has 0 unspecified atom stereocenters. The number of carboxylic acids is 1. The average Bonchev–Trinajstić information content (AvgIpc) is 2.66. The first-order chi connectivity index (χ1) is 7.61. The highest BCUT2D eigenvalue weighted by Crippen LogP contribution is 2.19. The van der Waals surface area contributed by atoms with Crippen molar-refractivity contribution < 1.29 is 14.7 Å². The lowest BCUT2D eigenvalue weighted by atomic mass is 10.1. The summed E-state index contributed by atoms with van der Waals surface area (Å²) in [7, 11) is 0. The highest BCUT2D eigenvalue weighted by atomic mass is 16.4. The lowest BCUT2D eigenvalue weighted by Crippen LogP contribution is -1.94. The van der Waals surface area contributed by atoms with Crippen molar-refractivity contribution in [2.75, 3.05) is 0 Å². The topological polar surface area (TPSA) is 54.4 Å². The molecule has 1 aliphatic rings. The van der Waals surface area contributed by atoms with Crippen LogP contribution in [0.15, 0.2) is 11.6 Å². The molecule has 0 aliphatic heterocycles. The fourth-order valence-corrected chi connectivity index (χ4v) is 1.46. The van der Waals surface area contributed by atoms with Crippen molar-refractivity contribution in [2.24, 2.45) is 0 Å². The van der Waals surface area contributed by atoms with E-state index in [1.807, 2.05) is 0 Å². The molecule has 92 valence electrons. The van der Waals surface area contributed by atoms with E-state index in [4.69, 9.17) is 5.11 Å². The van der Waals surface area contributed by atoms with Gasteiger partial charge in [0, 0.05) is 12.8 Å². The minimum absolute atomic E-state index is 0.222. The van der Waals surface area contributed by atoms with Crippen LogP contribution in [0, 0.1) is 0 Å². The number of carboxylic acid groups (broad SMARTS) is 1. The van der Waals surface area contributed by atoms with E-state index in [1.165, 1.54) is 19.3 Å². The maximum Gasteiger partial charge on any atom is 0.303 e. The predicted molar refractivity (Wildman–Crippen MR) is 64.4 cm³/mol. The largest absolute Gasteiger partial charge is 0.481 e. The molecule has 0 aromatic heterocycles. The van der Waals surface area contributed by atoms with E-state index >= 15 is 0 Å². The summed E-state index contributed by atoms with van der Waals surface area (Å²) in [6, 6.07) is 0. The Morgan fingerprint density at radius 3 is 2.38 bits per heavy atom. The monoisotopic (exact) mass is 226 g/mol. The number of carbonyl (C=O) groups is 2. The third-order valence-electron chi connectivity index (χ3n) is 2.47. The van der Waals surface area contributed by atoms with Crippen LogP contribution in [-0.2, 0) is 9.59 Å². The first-order valence-corrected chi connectivity index (χ1v) is 6.05. The molecule has 0 amide bonds. The zero-order valence-electron chi connectivity index (χ0n) is 10.3. The second-order valence-corrected chi connectivity index (χ2v) is 3.90. The summed E-state index contributed by atoms with van der Waals surface area (Å²) in [5.41, 5.74) is 1.10. The molecule has 0 saturated carbocycles. The van der Waals surface area contributed by atoms with Crippen LogP contribution in [0.3, 0.4) is 0 Å². The van der Waals surface area contributed by atoms with E-state index in [0.29, 0.717) is 5.78 Å². The molecule has 1 rings (SSSR count). The normalized spacial score (nSPS) is 14.1. The second kappa shape index (κ2) is 9.13. The summed E-state index contributed by atoms with van der Waals surface area (Å²) in [5, 5.41) is 7.72. The van der Waals surface area contributed by atoms with Crippen molar-refractivity contribution in [2.45, 2.75) is 58.8 Å². The summed E-state index contributed by atoms with van der Waals surface area (Å²) >= 11 is 0. The van der Waals surface area contributed by atoms with Crippen LogP contribution in [0.2, 0.25) is 0 Å². The molecule has 0 heterocycles. The number of allylic oxidation sites excluding steroid dienone is 2. The van der Waals surface area contributed by atoms with Gasteiger partial charge in [-0.25, -0.2) is 0 Å². The van der Waals surface area contributed by atoms with Crippen molar-refractivity contribution in [1.29, 1.82) is 0 Å². The van der Waals surface area contributed by atoms with Crippen molar-refractivity contribution in [3.8, 4) is 0 Å². The van der Waals surface area contributed by atoms with Gasteiger partial charge in [-0.15, -0.1) is 0 Å². The van der Waals surface area contributed by atoms with Crippen LogP contribution in [0.4, 0.5) is 0 Å². The van der Waals surface area contributed by atoms with Crippen molar-refractivity contribution in [3.05, 3.63) is 11.6 Å². The fraction of sp³-hybridized carbons (Fsp3) is 0.692. The molecular weight excluding hydrogens is 204 g/mol. The van der Waals surface area contributed by atoms with Gasteiger partial charge in [-0.2, -0.15) is 0 Å². The summed E-state index contributed by atoms with van der Waals surface area (Å²) < 4.78 is 0. The van der Waals surface area contributed by atoms with E-state index in [9.17, 15) is 9.59 Å². The quantitative estimate of drug-likeness (QED) is 0.731. The Morgan fingerprint density at radius 2 is 2.00 bits per heavy atom. The van der Waals surface area contributed by atoms with Gasteiger partial charge in [0.25, 0.3) is 0 Å². The van der Waals surface area contributed by atoms with Crippen LogP contribution in [0.5, 0.6) is 0 Å². The molecule has 0 radical (unpaired) electrons. The Kier molecular flexibility index (Phi) is 8.49. The van der Waals surface area contributed by atoms with E-state index in [2.05, 4.69) is 13.0 Å².